The molecule has 0 aromatic rings. The van der Waals surface area contributed by atoms with E-state index >= 15 is 0 Å². The van der Waals surface area contributed by atoms with Crippen LogP contribution in [0.15, 0.2) is 72.9 Å². The zero-order valence-corrected chi connectivity index (χ0v) is 38.6. The van der Waals surface area contributed by atoms with E-state index in [1.54, 1.807) is 0 Å². The largest absolute Gasteiger partial charge is 0.457 e. The number of hydrogen-bond acceptors (Lipinski definition) is 9. The smallest absolute Gasteiger partial charge is 0.306 e. The van der Waals surface area contributed by atoms with Gasteiger partial charge in [-0.2, -0.15) is 0 Å². The van der Waals surface area contributed by atoms with Crippen molar-refractivity contribution in [1.29, 1.82) is 0 Å². The van der Waals surface area contributed by atoms with Gasteiger partial charge in [-0.15, -0.1) is 0 Å². The molecule has 1 saturated heterocycles. The van der Waals surface area contributed by atoms with Crippen LogP contribution in [-0.2, 0) is 23.7 Å². The number of carbonyl (C=O) groups is 1. The first kappa shape index (κ1) is 56.6. The highest BCUT2D eigenvalue weighted by atomic mass is 16.7. The molecule has 61 heavy (non-hydrogen) atoms. The van der Waals surface area contributed by atoms with Gasteiger partial charge in [-0.1, -0.05) is 189 Å². The van der Waals surface area contributed by atoms with E-state index < -0.39 is 43.4 Å². The summed E-state index contributed by atoms with van der Waals surface area (Å²) < 4.78 is 22.8. The van der Waals surface area contributed by atoms with Crippen LogP contribution in [0.25, 0.3) is 0 Å². The Labute approximate surface area is 372 Å². The second-order valence-corrected chi connectivity index (χ2v) is 16.5. The number of rotatable bonds is 41. The molecular formula is C52H90O9. The summed E-state index contributed by atoms with van der Waals surface area (Å²) in [6.45, 7) is 4.37. The highest BCUT2D eigenvalue weighted by Gasteiger charge is 2.44. The normalized spacial score (nSPS) is 20.5. The number of ether oxygens (including phenoxy) is 4. The van der Waals surface area contributed by atoms with Crippen LogP contribution in [0.5, 0.6) is 0 Å². The van der Waals surface area contributed by atoms with Crippen molar-refractivity contribution < 1.29 is 44.2 Å². The van der Waals surface area contributed by atoms with E-state index in [2.05, 4.69) is 86.8 Å². The molecule has 0 aromatic carbocycles. The molecule has 1 aliphatic heterocycles. The SMILES string of the molecule is CC/C=C\C/C=C\C/C=C\C/C=C\C/C=C\C/C=C\CCCCCOCC(COC1OC(CO)C(O)C(O)C1O)OC(=O)CCCCCCCCCCCCCCCCCC. The second-order valence-electron chi connectivity index (χ2n) is 16.5. The highest BCUT2D eigenvalue weighted by Crippen LogP contribution is 2.22. The van der Waals surface area contributed by atoms with E-state index in [0.717, 1.165) is 83.5 Å². The van der Waals surface area contributed by atoms with Crippen molar-refractivity contribution in [2.75, 3.05) is 26.4 Å². The van der Waals surface area contributed by atoms with Crippen LogP contribution in [0.1, 0.15) is 187 Å². The Hall–Kier alpha value is -2.37. The summed E-state index contributed by atoms with van der Waals surface area (Å²) >= 11 is 0. The lowest BCUT2D eigenvalue weighted by Gasteiger charge is -2.39. The van der Waals surface area contributed by atoms with E-state index in [1.807, 2.05) is 0 Å². The molecule has 0 saturated carbocycles. The van der Waals surface area contributed by atoms with Gasteiger partial charge in [0.25, 0.3) is 0 Å². The Kier molecular flexibility index (Phi) is 39.8. The van der Waals surface area contributed by atoms with Crippen molar-refractivity contribution in [3.8, 4) is 0 Å². The third-order valence-corrected chi connectivity index (χ3v) is 10.9. The van der Waals surface area contributed by atoms with Crippen molar-refractivity contribution >= 4 is 5.97 Å². The van der Waals surface area contributed by atoms with E-state index in [1.165, 1.54) is 83.5 Å². The van der Waals surface area contributed by atoms with Gasteiger partial charge < -0.3 is 39.4 Å². The summed E-state index contributed by atoms with van der Waals surface area (Å²) in [7, 11) is 0. The minimum absolute atomic E-state index is 0.120. The van der Waals surface area contributed by atoms with Crippen LogP contribution in [0.4, 0.5) is 0 Å². The van der Waals surface area contributed by atoms with Crippen LogP contribution in [0.3, 0.4) is 0 Å². The van der Waals surface area contributed by atoms with Crippen LogP contribution in [0.2, 0.25) is 0 Å². The number of unbranched alkanes of at least 4 members (excludes halogenated alkanes) is 18. The zero-order valence-electron chi connectivity index (χ0n) is 38.6. The fraction of sp³-hybridized carbons (Fsp3) is 0.750. The minimum Gasteiger partial charge on any atom is -0.457 e. The number of carbonyl (C=O) groups excluding carboxylic acids is 1. The van der Waals surface area contributed by atoms with Gasteiger partial charge in [-0.05, 0) is 64.2 Å². The Morgan fingerprint density at radius 2 is 1.00 bits per heavy atom. The fourth-order valence-corrected chi connectivity index (χ4v) is 7.08. The number of hydrogen-bond donors (Lipinski definition) is 4. The maximum absolute atomic E-state index is 12.8. The first-order valence-electron chi connectivity index (χ1n) is 24.5. The van der Waals surface area contributed by atoms with Crippen LogP contribution < -0.4 is 0 Å². The Balaban J connectivity index is 2.27. The molecule has 1 aliphatic rings. The molecule has 1 heterocycles. The topological polar surface area (TPSA) is 135 Å². The number of aliphatic hydroxyl groups is 4. The number of allylic oxidation sites excluding steroid dienone is 12. The van der Waals surface area contributed by atoms with Crippen LogP contribution in [-0.4, -0.2) is 89.6 Å². The van der Waals surface area contributed by atoms with Gasteiger partial charge in [0, 0.05) is 13.0 Å². The molecule has 0 spiro atoms. The van der Waals surface area contributed by atoms with Gasteiger partial charge in [-0.25, -0.2) is 0 Å². The Bertz CT molecular complexity index is 1160. The van der Waals surface area contributed by atoms with Crippen molar-refractivity contribution in [1.82, 2.24) is 0 Å². The first-order chi connectivity index (χ1) is 29.9. The maximum atomic E-state index is 12.8. The molecule has 6 atom stereocenters. The molecular weight excluding hydrogens is 769 g/mol. The van der Waals surface area contributed by atoms with Crippen molar-refractivity contribution in [3.05, 3.63) is 72.9 Å². The lowest BCUT2D eigenvalue weighted by Crippen LogP contribution is -2.59. The van der Waals surface area contributed by atoms with Gasteiger partial charge in [0.05, 0.1) is 19.8 Å². The molecule has 9 heteroatoms. The molecule has 0 radical (unpaired) electrons. The third kappa shape index (κ3) is 33.8. The molecule has 1 fully saturated rings. The van der Waals surface area contributed by atoms with Gasteiger partial charge in [0.2, 0.25) is 0 Å². The number of aliphatic hydroxyl groups excluding tert-OH is 4. The van der Waals surface area contributed by atoms with Crippen molar-refractivity contribution in [2.24, 2.45) is 0 Å². The van der Waals surface area contributed by atoms with Gasteiger partial charge in [-0.3, -0.25) is 4.79 Å². The summed E-state index contributed by atoms with van der Waals surface area (Å²) in [5, 5.41) is 40.2. The molecule has 0 amide bonds. The second kappa shape index (κ2) is 42.9. The van der Waals surface area contributed by atoms with Crippen molar-refractivity contribution in [3.63, 3.8) is 0 Å². The predicted octanol–water partition coefficient (Wildman–Crippen LogP) is 11.6. The predicted molar refractivity (Wildman–Crippen MR) is 251 cm³/mol. The summed E-state index contributed by atoms with van der Waals surface area (Å²) in [6, 6.07) is 0. The molecule has 1 rings (SSSR count). The summed E-state index contributed by atoms with van der Waals surface area (Å²) in [5.41, 5.74) is 0. The zero-order chi connectivity index (χ0) is 44.3. The summed E-state index contributed by atoms with van der Waals surface area (Å²) in [5.74, 6) is -0.326. The molecule has 6 unspecified atom stereocenters. The standard InChI is InChI=1S/C52H90O9/c1-3-5-7-9-11-13-15-17-19-21-22-23-24-25-26-28-30-32-34-36-38-40-42-58-44-46(45-59-52-51(57)50(56)49(55)47(43-53)61-52)60-48(54)41-39-37-35-33-31-29-27-20-18-16-14-12-10-8-6-4-2/h5,7,11,13,17,19,22-23,25-26,30,32,46-47,49-53,55-57H,3-4,6,8-10,12,14-16,18,20-21,24,27-29,31,33-45H2,1-2H3/b7-5-,13-11-,19-17-,23-22-,26-25-,32-30-. The molecule has 9 nitrogen and oxygen atoms in total. The maximum Gasteiger partial charge on any atom is 0.306 e. The van der Waals surface area contributed by atoms with E-state index in [4.69, 9.17) is 18.9 Å². The monoisotopic (exact) mass is 859 g/mol. The summed E-state index contributed by atoms with van der Waals surface area (Å²) in [6.07, 6.45) is 49.3. The van der Waals surface area contributed by atoms with Gasteiger partial charge in [0.15, 0.2) is 6.29 Å². The van der Waals surface area contributed by atoms with Gasteiger partial charge >= 0.3 is 5.97 Å². The van der Waals surface area contributed by atoms with E-state index in [9.17, 15) is 25.2 Å². The molecule has 0 aliphatic carbocycles. The lowest BCUT2D eigenvalue weighted by molar-refractivity contribution is -0.305. The minimum atomic E-state index is -1.55. The average Bonchev–Trinajstić information content (AvgIpc) is 3.26. The van der Waals surface area contributed by atoms with Crippen molar-refractivity contribution in [2.45, 2.75) is 224 Å². The molecule has 0 aromatic heterocycles. The molecule has 0 bridgehead atoms. The molecule has 352 valence electrons. The third-order valence-electron chi connectivity index (χ3n) is 10.9. The summed E-state index contributed by atoms with van der Waals surface area (Å²) in [4.78, 5) is 12.8. The van der Waals surface area contributed by atoms with Crippen LogP contribution >= 0.6 is 0 Å². The average molecular weight is 859 g/mol. The Morgan fingerprint density at radius 1 is 0.541 bits per heavy atom. The highest BCUT2D eigenvalue weighted by molar-refractivity contribution is 5.69. The van der Waals surface area contributed by atoms with Crippen LogP contribution in [0, 0.1) is 0 Å². The Morgan fingerprint density at radius 3 is 1.49 bits per heavy atom. The quantitative estimate of drug-likeness (QED) is 0.0269. The lowest BCUT2D eigenvalue weighted by atomic mass is 9.99. The molecule has 4 N–H and O–H groups in total. The number of esters is 1. The van der Waals surface area contributed by atoms with E-state index in [-0.39, 0.29) is 19.2 Å². The first-order valence-corrected chi connectivity index (χ1v) is 24.5. The van der Waals surface area contributed by atoms with Gasteiger partial charge in [0.1, 0.15) is 30.5 Å². The van der Waals surface area contributed by atoms with E-state index in [0.29, 0.717) is 13.0 Å². The fourth-order valence-electron chi connectivity index (χ4n) is 7.08.